The molecule has 0 spiro atoms. The molecule has 100 valence electrons. The number of pyridine rings is 1. The largest absolute Gasteiger partial charge is 0.371 e. The summed E-state index contributed by atoms with van der Waals surface area (Å²) in [6.07, 6.45) is 6.36. The highest BCUT2D eigenvalue weighted by Crippen LogP contribution is 2.24. The highest BCUT2D eigenvalue weighted by Gasteiger charge is 2.21. The van der Waals surface area contributed by atoms with Crippen LogP contribution in [0.25, 0.3) is 0 Å². The average Bonchev–Trinajstić information content (AvgIpc) is 2.40. The number of hydrogen-bond acceptors (Lipinski definition) is 4. The molecule has 0 aromatic carbocycles. The topological polar surface area (TPSA) is 31.4 Å². The molecule has 0 radical (unpaired) electrons. The lowest BCUT2D eigenvalue weighted by Gasteiger charge is -2.37. The molecule has 1 N–H and O–H groups in total. The van der Waals surface area contributed by atoms with Crippen molar-refractivity contribution in [2.45, 2.75) is 25.4 Å². The van der Waals surface area contributed by atoms with Crippen molar-refractivity contribution < 1.29 is 0 Å². The summed E-state index contributed by atoms with van der Waals surface area (Å²) in [7, 11) is 6.34. The third-order valence-electron chi connectivity index (χ3n) is 3.78. The fraction of sp³-hybridized carbons (Fsp3) is 0.643. The summed E-state index contributed by atoms with van der Waals surface area (Å²) in [6, 6.07) is 2.87. The van der Waals surface area contributed by atoms with Gasteiger partial charge in [-0.05, 0) is 40.1 Å². The van der Waals surface area contributed by atoms with Crippen molar-refractivity contribution in [3.05, 3.63) is 24.0 Å². The number of nitrogens with zero attached hydrogens (tertiary/aromatic N) is 3. The van der Waals surface area contributed by atoms with Crippen LogP contribution >= 0.6 is 0 Å². The van der Waals surface area contributed by atoms with E-state index in [0.717, 1.165) is 25.7 Å². The van der Waals surface area contributed by atoms with E-state index in [1.807, 2.05) is 19.4 Å². The number of rotatable bonds is 4. The van der Waals surface area contributed by atoms with Gasteiger partial charge >= 0.3 is 0 Å². The Kier molecular flexibility index (Phi) is 4.55. The number of hydrogen-bond donors (Lipinski definition) is 1. The van der Waals surface area contributed by atoms with Crippen molar-refractivity contribution in [2.75, 3.05) is 39.1 Å². The van der Waals surface area contributed by atoms with Gasteiger partial charge in [-0.3, -0.25) is 4.98 Å². The standard InChI is InChI=1S/C14H24N4/c1-15-10-12-11-16-7-4-14(12)18-8-5-13(6-9-18)17(2)3/h4,7,11,13,15H,5-6,8-10H2,1-3H3. The maximum Gasteiger partial charge on any atom is 0.0442 e. The van der Waals surface area contributed by atoms with Gasteiger partial charge in [-0.1, -0.05) is 0 Å². The van der Waals surface area contributed by atoms with Gasteiger partial charge in [0.2, 0.25) is 0 Å². The maximum atomic E-state index is 4.23. The fourth-order valence-corrected chi connectivity index (χ4v) is 2.68. The minimum absolute atomic E-state index is 0.732. The third kappa shape index (κ3) is 3.00. The van der Waals surface area contributed by atoms with E-state index in [1.165, 1.54) is 24.1 Å². The summed E-state index contributed by atoms with van der Waals surface area (Å²) in [5.74, 6) is 0. The molecule has 1 fully saturated rings. The van der Waals surface area contributed by atoms with Gasteiger partial charge in [-0.25, -0.2) is 0 Å². The molecule has 2 rings (SSSR count). The highest BCUT2D eigenvalue weighted by molar-refractivity contribution is 5.52. The second-order valence-electron chi connectivity index (χ2n) is 5.22. The Morgan fingerprint density at radius 1 is 1.39 bits per heavy atom. The molecule has 1 saturated heterocycles. The Morgan fingerprint density at radius 2 is 2.11 bits per heavy atom. The molecule has 4 heteroatoms. The van der Waals surface area contributed by atoms with E-state index in [9.17, 15) is 0 Å². The van der Waals surface area contributed by atoms with Crippen LogP contribution in [0.2, 0.25) is 0 Å². The predicted molar refractivity (Wildman–Crippen MR) is 75.9 cm³/mol. The summed E-state index contributed by atoms with van der Waals surface area (Å²) in [5, 5.41) is 3.22. The molecule has 0 amide bonds. The van der Waals surface area contributed by atoms with Gasteiger partial charge in [0, 0.05) is 49.3 Å². The van der Waals surface area contributed by atoms with E-state index in [2.05, 4.69) is 40.3 Å². The van der Waals surface area contributed by atoms with Crippen LogP contribution in [0.15, 0.2) is 18.5 Å². The molecule has 1 aromatic rings. The summed E-state index contributed by atoms with van der Waals surface area (Å²) < 4.78 is 0. The second-order valence-corrected chi connectivity index (χ2v) is 5.22. The Morgan fingerprint density at radius 3 is 2.72 bits per heavy atom. The third-order valence-corrected chi connectivity index (χ3v) is 3.78. The molecule has 0 aliphatic carbocycles. The van der Waals surface area contributed by atoms with Crippen molar-refractivity contribution in [1.29, 1.82) is 0 Å². The monoisotopic (exact) mass is 248 g/mol. The van der Waals surface area contributed by atoms with Crippen LogP contribution in [-0.4, -0.2) is 50.2 Å². The van der Waals surface area contributed by atoms with Gasteiger partial charge in [0.1, 0.15) is 0 Å². The van der Waals surface area contributed by atoms with Gasteiger partial charge in [-0.2, -0.15) is 0 Å². The molecule has 2 heterocycles. The fourth-order valence-electron chi connectivity index (χ4n) is 2.68. The molecule has 18 heavy (non-hydrogen) atoms. The zero-order chi connectivity index (χ0) is 13.0. The minimum Gasteiger partial charge on any atom is -0.371 e. The summed E-state index contributed by atoms with van der Waals surface area (Å²) in [5.41, 5.74) is 2.64. The van der Waals surface area contributed by atoms with E-state index in [4.69, 9.17) is 0 Å². The van der Waals surface area contributed by atoms with Crippen molar-refractivity contribution in [2.24, 2.45) is 0 Å². The summed E-state index contributed by atoms with van der Waals surface area (Å²) >= 11 is 0. The SMILES string of the molecule is CNCc1cnccc1N1CCC(N(C)C)CC1. The Hall–Kier alpha value is -1.13. The molecule has 1 aliphatic rings. The van der Waals surface area contributed by atoms with E-state index >= 15 is 0 Å². The number of anilines is 1. The Balaban J connectivity index is 2.05. The van der Waals surface area contributed by atoms with Crippen LogP contribution in [-0.2, 0) is 6.54 Å². The second kappa shape index (κ2) is 6.16. The zero-order valence-corrected chi connectivity index (χ0v) is 11.7. The van der Waals surface area contributed by atoms with E-state index in [1.54, 1.807) is 0 Å². The first kappa shape index (κ1) is 13.3. The van der Waals surface area contributed by atoms with Gasteiger partial charge in [-0.15, -0.1) is 0 Å². The molecular formula is C14H24N4. The first-order chi connectivity index (χ1) is 8.72. The highest BCUT2D eigenvalue weighted by atomic mass is 15.2. The van der Waals surface area contributed by atoms with Crippen molar-refractivity contribution in [1.82, 2.24) is 15.2 Å². The molecule has 0 bridgehead atoms. The maximum absolute atomic E-state index is 4.23. The average molecular weight is 248 g/mol. The van der Waals surface area contributed by atoms with E-state index in [-0.39, 0.29) is 0 Å². The van der Waals surface area contributed by atoms with E-state index < -0.39 is 0 Å². The predicted octanol–water partition coefficient (Wildman–Crippen LogP) is 1.33. The van der Waals surface area contributed by atoms with Crippen LogP contribution in [0, 0.1) is 0 Å². The molecule has 1 aliphatic heterocycles. The molecule has 0 atom stereocenters. The Bertz CT molecular complexity index is 370. The number of nitrogens with one attached hydrogen (secondary N) is 1. The van der Waals surface area contributed by atoms with Gasteiger partial charge in [0.15, 0.2) is 0 Å². The lowest BCUT2D eigenvalue weighted by Crippen LogP contribution is -2.42. The van der Waals surface area contributed by atoms with Crippen molar-refractivity contribution in [3.63, 3.8) is 0 Å². The molecule has 1 aromatic heterocycles. The number of aromatic nitrogens is 1. The van der Waals surface area contributed by atoms with Gasteiger partial charge in [0.25, 0.3) is 0 Å². The van der Waals surface area contributed by atoms with Gasteiger partial charge < -0.3 is 15.1 Å². The molecular weight excluding hydrogens is 224 g/mol. The van der Waals surface area contributed by atoms with Crippen LogP contribution < -0.4 is 10.2 Å². The molecule has 0 saturated carbocycles. The first-order valence-electron chi connectivity index (χ1n) is 6.71. The summed E-state index contributed by atoms with van der Waals surface area (Å²) in [6.45, 7) is 3.17. The van der Waals surface area contributed by atoms with Crippen molar-refractivity contribution >= 4 is 5.69 Å². The minimum atomic E-state index is 0.732. The molecule has 4 nitrogen and oxygen atoms in total. The van der Waals surface area contributed by atoms with Crippen LogP contribution in [0.3, 0.4) is 0 Å². The zero-order valence-electron chi connectivity index (χ0n) is 11.7. The smallest absolute Gasteiger partial charge is 0.0442 e. The van der Waals surface area contributed by atoms with Crippen LogP contribution in [0.4, 0.5) is 5.69 Å². The van der Waals surface area contributed by atoms with E-state index in [0.29, 0.717) is 0 Å². The lowest BCUT2D eigenvalue weighted by molar-refractivity contribution is 0.249. The number of piperidine rings is 1. The van der Waals surface area contributed by atoms with Crippen LogP contribution in [0.1, 0.15) is 18.4 Å². The van der Waals surface area contributed by atoms with Crippen LogP contribution in [0.5, 0.6) is 0 Å². The quantitative estimate of drug-likeness (QED) is 0.871. The first-order valence-corrected chi connectivity index (χ1v) is 6.71. The lowest BCUT2D eigenvalue weighted by atomic mass is 10.0. The van der Waals surface area contributed by atoms with Gasteiger partial charge in [0.05, 0.1) is 0 Å². The Labute approximate surface area is 110 Å². The van der Waals surface area contributed by atoms with Crippen molar-refractivity contribution in [3.8, 4) is 0 Å². The molecule has 0 unspecified atom stereocenters. The normalized spacial score (nSPS) is 17.4. The summed E-state index contributed by atoms with van der Waals surface area (Å²) in [4.78, 5) is 9.07.